The van der Waals surface area contributed by atoms with Gasteiger partial charge in [0.05, 0.1) is 17.1 Å². The summed E-state index contributed by atoms with van der Waals surface area (Å²) in [5.74, 6) is -0.567. The van der Waals surface area contributed by atoms with Gasteiger partial charge in [0.15, 0.2) is 12.0 Å². The Bertz CT molecular complexity index is 968. The van der Waals surface area contributed by atoms with Gasteiger partial charge >= 0.3 is 0 Å². The lowest BCUT2D eigenvalue weighted by Crippen LogP contribution is -2.10. The van der Waals surface area contributed by atoms with Gasteiger partial charge < -0.3 is 10.2 Å². The Hall–Kier alpha value is -3.02. The molecule has 8 heteroatoms. The minimum absolute atomic E-state index is 0.0204. The Morgan fingerprint density at radius 2 is 1.96 bits per heavy atom. The lowest BCUT2D eigenvalue weighted by molar-refractivity contribution is -0.0427. The molecule has 25 heavy (non-hydrogen) atoms. The van der Waals surface area contributed by atoms with Gasteiger partial charge in [-0.05, 0) is 37.3 Å². The highest BCUT2D eigenvalue weighted by Crippen LogP contribution is 2.24. The lowest BCUT2D eigenvalue weighted by Gasteiger charge is -2.14. The monoisotopic (exact) mass is 341 g/mol. The summed E-state index contributed by atoms with van der Waals surface area (Å²) in [4.78, 5) is 0. The van der Waals surface area contributed by atoms with E-state index in [4.69, 9.17) is 5.26 Å². The van der Waals surface area contributed by atoms with Crippen molar-refractivity contribution in [1.82, 2.24) is 19.6 Å². The van der Waals surface area contributed by atoms with E-state index in [0.29, 0.717) is 17.8 Å². The molecule has 0 bridgehead atoms. The second-order valence-corrected chi connectivity index (χ2v) is 5.70. The lowest BCUT2D eigenvalue weighted by atomic mass is 10.1. The summed E-state index contributed by atoms with van der Waals surface area (Å²) >= 11 is 0. The number of rotatable bonds is 4. The van der Waals surface area contributed by atoms with E-state index in [-0.39, 0.29) is 5.56 Å². The first-order chi connectivity index (χ1) is 11.9. The van der Waals surface area contributed by atoms with Crippen LogP contribution in [-0.2, 0) is 13.5 Å². The third-order valence-corrected chi connectivity index (χ3v) is 3.85. The summed E-state index contributed by atoms with van der Waals surface area (Å²) in [7, 11) is 1.74. The van der Waals surface area contributed by atoms with Crippen molar-refractivity contribution < 1.29 is 14.6 Å². The highest BCUT2D eigenvalue weighted by molar-refractivity contribution is 5.43. The maximum Gasteiger partial charge on any atom is 0.180 e. The van der Waals surface area contributed by atoms with E-state index in [1.54, 1.807) is 22.5 Å². The molecule has 0 unspecified atom stereocenters. The Morgan fingerprint density at radius 1 is 1.20 bits per heavy atom. The van der Waals surface area contributed by atoms with Gasteiger partial charge in [-0.25, -0.2) is 9.07 Å². The summed E-state index contributed by atoms with van der Waals surface area (Å²) in [6, 6.07) is 9.27. The SMILES string of the molecule is Cc1cc(Cc2cc(C#N)nn2C)n(-c2ccc(F)cc2C(O)O)n1. The van der Waals surface area contributed by atoms with E-state index in [1.165, 1.54) is 12.1 Å². The number of halogens is 1. The number of benzene rings is 1. The number of hydrogen-bond donors (Lipinski definition) is 2. The molecule has 0 spiro atoms. The number of aryl methyl sites for hydroxylation is 2. The fourth-order valence-electron chi connectivity index (χ4n) is 2.72. The number of aliphatic hydroxyl groups is 2. The standard InChI is InChI=1S/C17H16FN5O2/c1-10-5-14(8-13-7-12(9-19)21-22(13)2)23(20-10)16-4-3-11(18)6-15(16)17(24)25/h3-7,17,24-25H,8H2,1-2H3. The predicted molar refractivity (Wildman–Crippen MR) is 86.2 cm³/mol. The van der Waals surface area contributed by atoms with Gasteiger partial charge in [0.25, 0.3) is 0 Å². The normalized spacial score (nSPS) is 11.1. The molecule has 0 aliphatic rings. The van der Waals surface area contributed by atoms with Gasteiger partial charge in [-0.3, -0.25) is 4.68 Å². The molecule has 0 aliphatic carbocycles. The highest BCUT2D eigenvalue weighted by Gasteiger charge is 2.17. The van der Waals surface area contributed by atoms with Crippen LogP contribution in [0, 0.1) is 24.1 Å². The summed E-state index contributed by atoms with van der Waals surface area (Å²) in [5.41, 5.74) is 2.98. The number of hydrogen-bond acceptors (Lipinski definition) is 5. The number of nitrogens with zero attached hydrogens (tertiary/aromatic N) is 5. The van der Waals surface area contributed by atoms with E-state index in [0.717, 1.165) is 23.1 Å². The molecule has 0 atom stereocenters. The first-order valence-corrected chi connectivity index (χ1v) is 7.53. The Morgan fingerprint density at radius 3 is 2.60 bits per heavy atom. The smallest absolute Gasteiger partial charge is 0.180 e. The van der Waals surface area contributed by atoms with E-state index in [9.17, 15) is 14.6 Å². The van der Waals surface area contributed by atoms with E-state index in [2.05, 4.69) is 10.2 Å². The molecule has 0 saturated heterocycles. The average Bonchev–Trinajstić information content (AvgIpc) is 3.10. The van der Waals surface area contributed by atoms with Crippen LogP contribution in [0.3, 0.4) is 0 Å². The van der Waals surface area contributed by atoms with Crippen molar-refractivity contribution in [2.45, 2.75) is 19.6 Å². The maximum atomic E-state index is 13.5. The van der Waals surface area contributed by atoms with Crippen LogP contribution in [0.4, 0.5) is 4.39 Å². The number of aliphatic hydroxyl groups excluding tert-OH is 1. The van der Waals surface area contributed by atoms with E-state index < -0.39 is 12.1 Å². The second-order valence-electron chi connectivity index (χ2n) is 5.70. The first-order valence-electron chi connectivity index (χ1n) is 7.53. The quantitative estimate of drug-likeness (QED) is 0.701. The third kappa shape index (κ3) is 3.28. The van der Waals surface area contributed by atoms with Crippen LogP contribution >= 0.6 is 0 Å². The van der Waals surface area contributed by atoms with Crippen molar-refractivity contribution >= 4 is 0 Å². The van der Waals surface area contributed by atoms with Crippen LogP contribution in [0.2, 0.25) is 0 Å². The molecule has 0 fully saturated rings. The molecule has 0 amide bonds. The predicted octanol–water partition coefficient (Wildman–Crippen LogP) is 1.50. The van der Waals surface area contributed by atoms with Crippen LogP contribution in [0.5, 0.6) is 0 Å². The highest BCUT2D eigenvalue weighted by atomic mass is 19.1. The summed E-state index contributed by atoms with van der Waals surface area (Å²) in [6.07, 6.45) is -1.41. The molecule has 2 aromatic heterocycles. The zero-order chi connectivity index (χ0) is 18.1. The molecule has 0 saturated carbocycles. The van der Waals surface area contributed by atoms with Crippen LogP contribution in [0.1, 0.15) is 34.6 Å². The zero-order valence-electron chi connectivity index (χ0n) is 13.7. The van der Waals surface area contributed by atoms with Crippen LogP contribution < -0.4 is 0 Å². The van der Waals surface area contributed by atoms with Gasteiger partial charge in [0.2, 0.25) is 0 Å². The van der Waals surface area contributed by atoms with Gasteiger partial charge in [-0.15, -0.1) is 0 Å². The van der Waals surface area contributed by atoms with Crippen LogP contribution in [0.15, 0.2) is 30.3 Å². The minimum atomic E-state index is -1.83. The van der Waals surface area contributed by atoms with Crippen molar-refractivity contribution in [2.75, 3.05) is 0 Å². The van der Waals surface area contributed by atoms with Crippen molar-refractivity contribution in [2.24, 2.45) is 7.05 Å². The van der Waals surface area contributed by atoms with Crippen molar-refractivity contribution in [1.29, 1.82) is 5.26 Å². The second kappa shape index (κ2) is 6.47. The largest absolute Gasteiger partial charge is 0.364 e. The topological polar surface area (TPSA) is 99.9 Å². The van der Waals surface area contributed by atoms with Crippen molar-refractivity contribution in [3.8, 4) is 11.8 Å². The zero-order valence-corrected chi connectivity index (χ0v) is 13.7. The molecule has 1 aromatic carbocycles. The summed E-state index contributed by atoms with van der Waals surface area (Å²) < 4.78 is 16.6. The molecule has 0 aliphatic heterocycles. The van der Waals surface area contributed by atoms with E-state index >= 15 is 0 Å². The molecule has 128 valence electrons. The molecular weight excluding hydrogens is 325 g/mol. The van der Waals surface area contributed by atoms with Gasteiger partial charge in [-0.1, -0.05) is 0 Å². The molecule has 3 rings (SSSR count). The Balaban J connectivity index is 2.08. The molecule has 0 radical (unpaired) electrons. The van der Waals surface area contributed by atoms with E-state index in [1.807, 2.05) is 19.1 Å². The van der Waals surface area contributed by atoms with Gasteiger partial charge in [0.1, 0.15) is 11.9 Å². The fraction of sp³-hybridized carbons (Fsp3) is 0.235. The summed E-state index contributed by atoms with van der Waals surface area (Å²) in [5, 5.41) is 36.5. The molecule has 7 nitrogen and oxygen atoms in total. The maximum absolute atomic E-state index is 13.5. The van der Waals surface area contributed by atoms with Gasteiger partial charge in [-0.2, -0.15) is 15.5 Å². The fourth-order valence-corrected chi connectivity index (χ4v) is 2.72. The molecule has 3 aromatic rings. The average molecular weight is 341 g/mol. The third-order valence-electron chi connectivity index (χ3n) is 3.85. The first kappa shape index (κ1) is 16.8. The molecule has 2 N–H and O–H groups in total. The van der Waals surface area contributed by atoms with Crippen LogP contribution in [-0.4, -0.2) is 29.8 Å². The Labute approximate surface area is 143 Å². The van der Waals surface area contributed by atoms with Crippen molar-refractivity contribution in [3.05, 3.63) is 64.5 Å². The molecule has 2 heterocycles. The van der Waals surface area contributed by atoms with Gasteiger partial charge in [0, 0.05) is 24.7 Å². The van der Waals surface area contributed by atoms with Crippen molar-refractivity contribution in [3.63, 3.8) is 0 Å². The minimum Gasteiger partial charge on any atom is -0.364 e. The van der Waals surface area contributed by atoms with Crippen LogP contribution in [0.25, 0.3) is 5.69 Å². The molecular formula is C17H16FN5O2. The number of nitriles is 1. The number of aromatic nitrogens is 4. The summed E-state index contributed by atoms with van der Waals surface area (Å²) in [6.45, 7) is 1.81. The Kier molecular flexibility index (Phi) is 4.35.